The maximum absolute atomic E-state index is 14.2. The second-order valence-corrected chi connectivity index (χ2v) is 9.90. The van der Waals surface area contributed by atoms with Crippen LogP contribution in [-0.4, -0.2) is 39.0 Å². The number of amides is 1. The van der Waals surface area contributed by atoms with Crippen molar-refractivity contribution in [2.24, 2.45) is 11.0 Å². The van der Waals surface area contributed by atoms with Crippen LogP contribution >= 0.6 is 0 Å². The number of hydrogen-bond donors (Lipinski definition) is 4. The Balaban J connectivity index is 1.60. The van der Waals surface area contributed by atoms with E-state index in [9.17, 15) is 22.7 Å². The number of nitrogens with one attached hydrogen (secondary N) is 1. The summed E-state index contributed by atoms with van der Waals surface area (Å²) in [5.41, 5.74) is 0.148. The molecule has 1 fully saturated rings. The number of carbonyl (C=O) groups excluding carboxylic acids is 1. The van der Waals surface area contributed by atoms with Crippen LogP contribution in [0.5, 0.6) is 0 Å². The van der Waals surface area contributed by atoms with E-state index in [2.05, 4.69) is 15.3 Å². The minimum Gasteiger partial charge on any atom is -0.367 e. The van der Waals surface area contributed by atoms with Crippen molar-refractivity contribution < 1.29 is 22.7 Å². The molecule has 5 rings (SSSR count). The zero-order chi connectivity index (χ0) is 23.5. The topological polar surface area (TPSA) is 169 Å². The van der Waals surface area contributed by atoms with Gasteiger partial charge in [0.05, 0.1) is 5.69 Å². The SMILES string of the molecule is NN1C(=O)C2(CCCCC2)n2c(cc3cnc(Nc4ccc(S(N)(=O)=O)c(F)c4)nc32)C1O. The van der Waals surface area contributed by atoms with E-state index in [1.54, 1.807) is 10.6 Å². The number of sulfonamides is 1. The molecule has 3 aromatic rings. The summed E-state index contributed by atoms with van der Waals surface area (Å²) >= 11 is 0. The van der Waals surface area contributed by atoms with E-state index in [1.165, 1.54) is 12.3 Å². The van der Waals surface area contributed by atoms with Crippen LogP contribution in [0.15, 0.2) is 35.4 Å². The molecule has 1 unspecified atom stereocenters. The van der Waals surface area contributed by atoms with Gasteiger partial charge in [0.2, 0.25) is 16.0 Å². The Hall–Kier alpha value is -3.13. The molecule has 11 nitrogen and oxygen atoms in total. The first-order valence-corrected chi connectivity index (χ1v) is 11.9. The molecule has 0 radical (unpaired) electrons. The van der Waals surface area contributed by atoms with Crippen LogP contribution in [0.25, 0.3) is 11.0 Å². The molecule has 1 atom stereocenters. The quantitative estimate of drug-likeness (QED) is 0.325. The first-order valence-electron chi connectivity index (χ1n) is 10.4. The van der Waals surface area contributed by atoms with Crippen LogP contribution in [0.2, 0.25) is 0 Å². The van der Waals surface area contributed by atoms with E-state index in [4.69, 9.17) is 11.0 Å². The Bertz CT molecular complexity index is 1380. The lowest BCUT2D eigenvalue weighted by Gasteiger charge is -2.46. The third-order valence-electron chi connectivity index (χ3n) is 6.33. The third kappa shape index (κ3) is 3.35. The van der Waals surface area contributed by atoms with E-state index < -0.39 is 32.5 Å². The summed E-state index contributed by atoms with van der Waals surface area (Å²) in [7, 11) is -4.19. The van der Waals surface area contributed by atoms with Gasteiger partial charge in [0.1, 0.15) is 21.9 Å². The molecule has 1 aromatic carbocycles. The van der Waals surface area contributed by atoms with E-state index in [0.717, 1.165) is 36.4 Å². The van der Waals surface area contributed by atoms with Crippen molar-refractivity contribution in [2.75, 3.05) is 5.32 Å². The number of anilines is 2. The summed E-state index contributed by atoms with van der Waals surface area (Å²) in [5.74, 6) is 4.66. The fourth-order valence-electron chi connectivity index (χ4n) is 4.81. The Kier molecular flexibility index (Phi) is 4.90. The van der Waals surface area contributed by atoms with Crippen LogP contribution < -0.4 is 16.3 Å². The second kappa shape index (κ2) is 7.45. The summed E-state index contributed by atoms with van der Waals surface area (Å²) in [6.07, 6.45) is 4.00. The van der Waals surface area contributed by atoms with E-state index in [1.807, 2.05) is 0 Å². The van der Waals surface area contributed by atoms with Gasteiger partial charge >= 0.3 is 0 Å². The number of nitrogens with two attached hydrogens (primary N) is 2. The first kappa shape index (κ1) is 21.7. The molecule has 1 aliphatic carbocycles. The number of benzene rings is 1. The molecule has 3 heterocycles. The molecule has 13 heteroatoms. The van der Waals surface area contributed by atoms with Crippen LogP contribution in [0.1, 0.15) is 44.0 Å². The van der Waals surface area contributed by atoms with Crippen molar-refractivity contribution in [1.82, 2.24) is 19.5 Å². The van der Waals surface area contributed by atoms with E-state index in [0.29, 0.717) is 29.6 Å². The molecule has 1 aliphatic heterocycles. The molecular formula is C20H22FN7O4S. The normalized spacial score (nSPS) is 20.3. The number of aliphatic hydroxyl groups excluding tert-OH is 1. The number of fused-ring (bicyclic) bond motifs is 4. The highest BCUT2D eigenvalue weighted by atomic mass is 32.2. The van der Waals surface area contributed by atoms with E-state index in [-0.39, 0.29) is 17.5 Å². The van der Waals surface area contributed by atoms with Crippen LogP contribution in [-0.2, 0) is 20.4 Å². The van der Waals surface area contributed by atoms with Crippen molar-refractivity contribution in [3.8, 4) is 0 Å². The largest absolute Gasteiger partial charge is 0.367 e. The van der Waals surface area contributed by atoms with Gasteiger partial charge < -0.3 is 15.0 Å². The number of nitrogens with zero attached hydrogens (tertiary/aromatic N) is 4. The summed E-state index contributed by atoms with van der Waals surface area (Å²) in [6.45, 7) is 0. The average molecular weight is 476 g/mol. The highest BCUT2D eigenvalue weighted by Gasteiger charge is 2.51. The minimum atomic E-state index is -4.19. The molecule has 33 heavy (non-hydrogen) atoms. The number of rotatable bonds is 3. The van der Waals surface area contributed by atoms with Gasteiger partial charge in [-0.05, 0) is 37.1 Å². The molecule has 0 saturated heterocycles. The number of halogens is 1. The molecular weight excluding hydrogens is 453 g/mol. The molecule has 0 bridgehead atoms. The smallest absolute Gasteiger partial charge is 0.265 e. The average Bonchev–Trinajstić information content (AvgIpc) is 3.16. The summed E-state index contributed by atoms with van der Waals surface area (Å²) in [4.78, 5) is 21.4. The van der Waals surface area contributed by atoms with Crippen molar-refractivity contribution in [3.05, 3.63) is 42.0 Å². The molecule has 1 amide bonds. The Morgan fingerprint density at radius 3 is 2.61 bits per heavy atom. The van der Waals surface area contributed by atoms with Crippen molar-refractivity contribution in [2.45, 2.75) is 48.8 Å². The Morgan fingerprint density at radius 2 is 1.94 bits per heavy atom. The number of carbonyl (C=O) groups is 1. The number of hydrogen-bond acceptors (Lipinski definition) is 8. The number of aromatic nitrogens is 3. The summed E-state index contributed by atoms with van der Waals surface area (Å²) in [6, 6.07) is 5.06. The van der Waals surface area contributed by atoms with Gasteiger partial charge in [-0.2, -0.15) is 4.98 Å². The molecule has 2 aliphatic rings. The van der Waals surface area contributed by atoms with Gasteiger partial charge in [0.15, 0.2) is 6.23 Å². The van der Waals surface area contributed by atoms with Gasteiger partial charge in [0, 0.05) is 17.3 Å². The monoisotopic (exact) mass is 475 g/mol. The van der Waals surface area contributed by atoms with Crippen LogP contribution in [0.4, 0.5) is 16.0 Å². The molecule has 6 N–H and O–H groups in total. The Morgan fingerprint density at radius 1 is 1.21 bits per heavy atom. The van der Waals surface area contributed by atoms with E-state index >= 15 is 0 Å². The zero-order valence-electron chi connectivity index (χ0n) is 17.4. The minimum absolute atomic E-state index is 0.106. The molecule has 1 spiro atoms. The first-order chi connectivity index (χ1) is 15.6. The maximum atomic E-state index is 14.2. The Labute approximate surface area is 188 Å². The molecule has 174 valence electrons. The predicted molar refractivity (Wildman–Crippen MR) is 116 cm³/mol. The highest BCUT2D eigenvalue weighted by molar-refractivity contribution is 7.89. The zero-order valence-corrected chi connectivity index (χ0v) is 18.2. The van der Waals surface area contributed by atoms with Crippen molar-refractivity contribution in [3.63, 3.8) is 0 Å². The van der Waals surface area contributed by atoms with Gasteiger partial charge in [-0.15, -0.1) is 0 Å². The fraction of sp³-hybridized carbons (Fsp3) is 0.350. The molecule has 1 saturated carbocycles. The summed E-state index contributed by atoms with van der Waals surface area (Å²) < 4.78 is 38.8. The summed E-state index contributed by atoms with van der Waals surface area (Å²) in [5, 5.41) is 20.0. The van der Waals surface area contributed by atoms with Gasteiger partial charge in [-0.3, -0.25) is 4.79 Å². The van der Waals surface area contributed by atoms with Gasteiger partial charge in [-0.25, -0.2) is 33.8 Å². The number of aliphatic hydroxyl groups is 1. The lowest BCUT2D eigenvalue weighted by molar-refractivity contribution is -0.161. The standard InChI is InChI=1S/C20H22FN7O4S/c21-13-9-12(4-5-15(13)33(23,31)32)25-19-24-10-11-8-14-17(29)28(22)18(30)20(6-2-1-3-7-20)27(14)16(11)26-19/h4-5,8-10,17,29H,1-3,6-7,22H2,(H2,23,31,32)(H,24,25,26). The second-order valence-electron chi connectivity index (χ2n) is 8.37. The predicted octanol–water partition coefficient (Wildman–Crippen LogP) is 1.33. The maximum Gasteiger partial charge on any atom is 0.265 e. The molecule has 2 aromatic heterocycles. The van der Waals surface area contributed by atoms with Crippen molar-refractivity contribution >= 4 is 38.6 Å². The fourth-order valence-corrected chi connectivity index (χ4v) is 5.40. The van der Waals surface area contributed by atoms with Gasteiger partial charge in [0.25, 0.3) is 5.91 Å². The highest BCUT2D eigenvalue weighted by Crippen LogP contribution is 2.45. The van der Waals surface area contributed by atoms with Crippen LogP contribution in [0.3, 0.4) is 0 Å². The lowest BCUT2D eigenvalue weighted by Crippen LogP contribution is -2.59. The lowest BCUT2D eigenvalue weighted by atomic mass is 9.79. The van der Waals surface area contributed by atoms with Crippen LogP contribution in [0, 0.1) is 5.82 Å². The number of primary sulfonamides is 1. The number of hydrazine groups is 1. The van der Waals surface area contributed by atoms with Gasteiger partial charge in [-0.1, -0.05) is 19.3 Å². The van der Waals surface area contributed by atoms with Crippen molar-refractivity contribution in [1.29, 1.82) is 0 Å². The third-order valence-corrected chi connectivity index (χ3v) is 7.28.